The van der Waals surface area contributed by atoms with Gasteiger partial charge in [-0.25, -0.2) is 0 Å². The van der Waals surface area contributed by atoms with Crippen molar-refractivity contribution >= 4 is 6.21 Å². The van der Waals surface area contributed by atoms with Gasteiger partial charge in [0.25, 0.3) is 0 Å². The van der Waals surface area contributed by atoms with E-state index in [1.54, 1.807) is 6.20 Å². The summed E-state index contributed by atoms with van der Waals surface area (Å²) in [6.45, 7) is 5.10. The van der Waals surface area contributed by atoms with Crippen LogP contribution >= 0.6 is 0 Å². The van der Waals surface area contributed by atoms with Crippen LogP contribution in [0.2, 0.25) is 0 Å². The monoisotopic (exact) mass is 179 g/mol. The van der Waals surface area contributed by atoms with Gasteiger partial charge in [0.1, 0.15) is 0 Å². The smallest absolute Gasteiger partial charge is 0.0625 e. The molecule has 2 N–H and O–H groups in total. The topological polar surface area (TPSA) is 41.6 Å². The van der Waals surface area contributed by atoms with Crippen LogP contribution < -0.4 is 5.73 Å². The molecule has 3 nitrogen and oxygen atoms in total. The maximum atomic E-state index is 5.53. The molecule has 0 aromatic carbocycles. The Hall–Kier alpha value is -1.25. The van der Waals surface area contributed by atoms with Crippen molar-refractivity contribution in [3.05, 3.63) is 22.9 Å². The highest BCUT2D eigenvalue weighted by Gasteiger charge is 2.10. The summed E-state index contributed by atoms with van der Waals surface area (Å²) in [7, 11) is 1.97. The molecule has 13 heavy (non-hydrogen) atoms. The molecule has 0 bridgehead atoms. The van der Waals surface area contributed by atoms with E-state index < -0.39 is 0 Å². The molecule has 0 atom stereocenters. The van der Waals surface area contributed by atoms with Crippen molar-refractivity contribution in [2.75, 3.05) is 13.6 Å². The summed E-state index contributed by atoms with van der Waals surface area (Å²) in [5.41, 5.74) is 9.26. The number of nitrogens with zero attached hydrogens (tertiary/aromatic N) is 2. The zero-order valence-corrected chi connectivity index (χ0v) is 8.54. The van der Waals surface area contributed by atoms with E-state index in [0.717, 1.165) is 13.0 Å². The predicted molar refractivity (Wildman–Crippen MR) is 56.4 cm³/mol. The lowest BCUT2D eigenvalue weighted by Gasteiger charge is -2.08. The molecule has 1 rings (SSSR count). The van der Waals surface area contributed by atoms with Crippen molar-refractivity contribution < 1.29 is 0 Å². The fourth-order valence-corrected chi connectivity index (χ4v) is 1.43. The molecule has 0 saturated heterocycles. The zero-order valence-electron chi connectivity index (χ0n) is 8.54. The van der Waals surface area contributed by atoms with Gasteiger partial charge in [-0.3, -0.25) is 5.01 Å². The van der Waals surface area contributed by atoms with Gasteiger partial charge in [0, 0.05) is 7.05 Å². The molecule has 0 spiro atoms. The molecule has 72 valence electrons. The lowest BCUT2D eigenvalue weighted by Crippen LogP contribution is -2.08. The van der Waals surface area contributed by atoms with Crippen LogP contribution in [0.4, 0.5) is 0 Å². The third-order valence-electron chi connectivity index (χ3n) is 2.36. The van der Waals surface area contributed by atoms with Crippen LogP contribution in [0.3, 0.4) is 0 Å². The molecule has 0 unspecified atom stereocenters. The van der Waals surface area contributed by atoms with E-state index in [1.165, 1.54) is 16.7 Å². The van der Waals surface area contributed by atoms with Gasteiger partial charge in [0.05, 0.1) is 12.8 Å². The largest absolute Gasteiger partial charge is 0.404 e. The highest BCUT2D eigenvalue weighted by molar-refractivity contribution is 5.83. The Kier molecular flexibility index (Phi) is 3.12. The maximum absolute atomic E-state index is 5.53. The predicted octanol–water partition coefficient (Wildman–Crippen LogP) is 1.49. The Morgan fingerprint density at radius 1 is 1.77 bits per heavy atom. The van der Waals surface area contributed by atoms with Crippen molar-refractivity contribution in [2.45, 2.75) is 20.3 Å². The van der Waals surface area contributed by atoms with Gasteiger partial charge in [-0.1, -0.05) is 6.92 Å². The van der Waals surface area contributed by atoms with Crippen LogP contribution in [0.15, 0.2) is 28.0 Å². The molecule has 3 heteroatoms. The van der Waals surface area contributed by atoms with Gasteiger partial charge >= 0.3 is 0 Å². The average molecular weight is 179 g/mol. The molecule has 0 aliphatic carbocycles. The summed E-state index contributed by atoms with van der Waals surface area (Å²) in [5, 5.41) is 6.09. The molecule has 1 heterocycles. The minimum atomic E-state index is 0.892. The Balaban J connectivity index is 2.87. The normalized spacial score (nSPS) is 21.2. The first-order chi connectivity index (χ1) is 6.19. The minimum absolute atomic E-state index is 0.892. The van der Waals surface area contributed by atoms with Crippen LogP contribution in [-0.4, -0.2) is 24.8 Å². The Bertz CT molecular complexity index is 274. The summed E-state index contributed by atoms with van der Waals surface area (Å²) >= 11 is 0. The molecule has 1 aliphatic heterocycles. The van der Waals surface area contributed by atoms with Crippen molar-refractivity contribution in [3.63, 3.8) is 0 Å². The fourth-order valence-electron chi connectivity index (χ4n) is 1.43. The van der Waals surface area contributed by atoms with Crippen LogP contribution in [0.1, 0.15) is 20.3 Å². The molecule has 0 fully saturated rings. The molecule has 1 aliphatic rings. The number of hydrogen-bond donors (Lipinski definition) is 1. The van der Waals surface area contributed by atoms with E-state index in [1.807, 2.05) is 18.3 Å². The van der Waals surface area contributed by atoms with Gasteiger partial charge in [0.15, 0.2) is 0 Å². The Labute approximate surface area is 79.6 Å². The standard InChI is InChI=1S/C10H17N3/c1-4-9(5-11)8(2)10-6-12-13(3)7-10/h5-6H,4,7,11H2,1-3H3/b9-5-,10-8-. The second kappa shape index (κ2) is 4.12. The van der Waals surface area contributed by atoms with Crippen LogP contribution in [0, 0.1) is 0 Å². The van der Waals surface area contributed by atoms with Crippen LogP contribution in [-0.2, 0) is 0 Å². The number of nitrogens with two attached hydrogens (primary N) is 1. The van der Waals surface area contributed by atoms with Gasteiger partial charge in [-0.05, 0) is 36.3 Å². The van der Waals surface area contributed by atoms with Gasteiger partial charge < -0.3 is 5.73 Å². The van der Waals surface area contributed by atoms with Crippen LogP contribution in [0.25, 0.3) is 0 Å². The number of allylic oxidation sites excluding steroid dienone is 2. The van der Waals surface area contributed by atoms with Crippen molar-refractivity contribution in [2.24, 2.45) is 10.8 Å². The fraction of sp³-hybridized carbons (Fsp3) is 0.500. The zero-order chi connectivity index (χ0) is 9.84. The van der Waals surface area contributed by atoms with E-state index in [9.17, 15) is 0 Å². The van der Waals surface area contributed by atoms with Crippen molar-refractivity contribution in [3.8, 4) is 0 Å². The van der Waals surface area contributed by atoms with E-state index in [4.69, 9.17) is 5.73 Å². The second-order valence-corrected chi connectivity index (χ2v) is 3.26. The third kappa shape index (κ3) is 2.11. The molecule has 0 saturated carbocycles. The first-order valence-corrected chi connectivity index (χ1v) is 4.55. The molecular weight excluding hydrogens is 162 g/mol. The van der Waals surface area contributed by atoms with E-state index in [0.29, 0.717) is 0 Å². The van der Waals surface area contributed by atoms with E-state index >= 15 is 0 Å². The van der Waals surface area contributed by atoms with E-state index in [2.05, 4.69) is 18.9 Å². The van der Waals surface area contributed by atoms with Gasteiger partial charge in [0.2, 0.25) is 0 Å². The molecular formula is C10H17N3. The van der Waals surface area contributed by atoms with Gasteiger partial charge in [-0.15, -0.1) is 0 Å². The molecule has 0 aromatic rings. The Morgan fingerprint density at radius 2 is 2.46 bits per heavy atom. The highest BCUT2D eigenvalue weighted by Crippen LogP contribution is 2.18. The average Bonchev–Trinajstić information content (AvgIpc) is 2.54. The van der Waals surface area contributed by atoms with Crippen molar-refractivity contribution in [1.82, 2.24) is 5.01 Å². The maximum Gasteiger partial charge on any atom is 0.0625 e. The molecule has 0 radical (unpaired) electrons. The van der Waals surface area contributed by atoms with E-state index in [-0.39, 0.29) is 0 Å². The quantitative estimate of drug-likeness (QED) is 0.697. The minimum Gasteiger partial charge on any atom is -0.404 e. The number of rotatable bonds is 2. The molecule has 0 aromatic heterocycles. The van der Waals surface area contributed by atoms with Gasteiger partial charge in [-0.2, -0.15) is 5.10 Å². The summed E-state index contributed by atoms with van der Waals surface area (Å²) in [6.07, 6.45) is 4.58. The number of likely N-dealkylation sites (N-methyl/N-ethyl adjacent to an activating group) is 1. The third-order valence-corrected chi connectivity index (χ3v) is 2.36. The summed E-state index contributed by atoms with van der Waals surface area (Å²) < 4.78 is 0. The second-order valence-electron chi connectivity index (χ2n) is 3.26. The Morgan fingerprint density at radius 3 is 2.85 bits per heavy atom. The molecule has 0 amide bonds. The lowest BCUT2D eigenvalue weighted by molar-refractivity contribution is 0.409. The van der Waals surface area contributed by atoms with Crippen molar-refractivity contribution in [1.29, 1.82) is 0 Å². The number of hydrogen-bond acceptors (Lipinski definition) is 3. The summed E-state index contributed by atoms with van der Waals surface area (Å²) in [4.78, 5) is 0. The summed E-state index contributed by atoms with van der Waals surface area (Å²) in [6, 6.07) is 0. The number of hydrazone groups is 1. The summed E-state index contributed by atoms with van der Waals surface area (Å²) in [5.74, 6) is 0. The lowest BCUT2D eigenvalue weighted by atomic mass is 10.0. The first-order valence-electron chi connectivity index (χ1n) is 4.55. The first kappa shape index (κ1) is 9.84. The highest BCUT2D eigenvalue weighted by atomic mass is 15.4. The van der Waals surface area contributed by atoms with Crippen LogP contribution in [0.5, 0.6) is 0 Å². The SMILES string of the molecule is CCC(=C/N)/C(C)=C1/C=NN(C)C1.